The standard InChI is InChI=1S/C20H25FN4S/c1-20(2,3)12-25-11-13(10-23-26-14-4-5-14)15-8-17(21)16(9-19(15)25)18-6-7-22-24-18/h6-9,11,14,23H,4-5,10,12H2,1-3H3,(H,22,24). The molecule has 0 radical (unpaired) electrons. The minimum absolute atomic E-state index is 0.141. The summed E-state index contributed by atoms with van der Waals surface area (Å²) >= 11 is 1.81. The molecule has 0 aliphatic heterocycles. The molecule has 1 aliphatic carbocycles. The second-order valence-corrected chi connectivity index (χ2v) is 9.49. The summed E-state index contributed by atoms with van der Waals surface area (Å²) in [5.74, 6) is -0.216. The summed E-state index contributed by atoms with van der Waals surface area (Å²) in [6.45, 7) is 8.29. The van der Waals surface area contributed by atoms with Gasteiger partial charge >= 0.3 is 0 Å². The second-order valence-electron chi connectivity index (χ2n) is 8.30. The van der Waals surface area contributed by atoms with E-state index in [4.69, 9.17) is 0 Å². The largest absolute Gasteiger partial charge is 0.347 e. The molecule has 26 heavy (non-hydrogen) atoms. The number of hydrogen-bond acceptors (Lipinski definition) is 3. The molecule has 2 N–H and O–H groups in total. The van der Waals surface area contributed by atoms with Crippen molar-refractivity contribution in [3.8, 4) is 11.3 Å². The summed E-state index contributed by atoms with van der Waals surface area (Å²) in [4.78, 5) is 0. The molecule has 1 aliphatic rings. The molecule has 0 bridgehead atoms. The Labute approximate surface area is 157 Å². The van der Waals surface area contributed by atoms with Crippen LogP contribution < -0.4 is 4.72 Å². The number of H-pyrrole nitrogens is 1. The lowest BCUT2D eigenvalue weighted by Crippen LogP contribution is -2.14. The van der Waals surface area contributed by atoms with Crippen molar-refractivity contribution in [2.24, 2.45) is 5.41 Å². The lowest BCUT2D eigenvalue weighted by molar-refractivity contribution is 0.349. The third kappa shape index (κ3) is 3.81. The van der Waals surface area contributed by atoms with Crippen molar-refractivity contribution in [2.75, 3.05) is 0 Å². The maximum Gasteiger partial charge on any atom is 0.133 e. The molecule has 2 aromatic heterocycles. The molecular weight excluding hydrogens is 347 g/mol. The first kappa shape index (κ1) is 17.6. The van der Waals surface area contributed by atoms with Gasteiger partial charge in [0.15, 0.2) is 0 Å². The third-order valence-electron chi connectivity index (χ3n) is 4.53. The second kappa shape index (κ2) is 6.74. The van der Waals surface area contributed by atoms with E-state index < -0.39 is 0 Å². The van der Waals surface area contributed by atoms with Crippen LogP contribution in [0.1, 0.15) is 39.2 Å². The highest BCUT2D eigenvalue weighted by molar-refractivity contribution is 7.98. The molecule has 2 heterocycles. The van der Waals surface area contributed by atoms with Crippen molar-refractivity contribution >= 4 is 22.9 Å². The predicted octanol–water partition coefficient (Wildman–Crippen LogP) is 5.12. The highest BCUT2D eigenvalue weighted by atomic mass is 32.2. The molecule has 3 aromatic rings. The molecule has 6 heteroatoms. The van der Waals surface area contributed by atoms with Crippen molar-refractivity contribution in [1.82, 2.24) is 19.5 Å². The molecule has 1 saturated carbocycles. The average Bonchev–Trinajstić information content (AvgIpc) is 3.11. The summed E-state index contributed by atoms with van der Waals surface area (Å²) in [6.07, 6.45) is 6.42. The normalized spacial score (nSPS) is 15.1. The van der Waals surface area contributed by atoms with Crippen LogP contribution in [0.15, 0.2) is 30.6 Å². The molecule has 0 unspecified atom stereocenters. The minimum atomic E-state index is -0.216. The molecule has 1 fully saturated rings. The number of rotatable bonds is 6. The molecule has 4 rings (SSSR count). The minimum Gasteiger partial charge on any atom is -0.347 e. The van der Waals surface area contributed by atoms with E-state index >= 15 is 0 Å². The zero-order valence-electron chi connectivity index (χ0n) is 15.5. The molecule has 138 valence electrons. The number of aromatic nitrogens is 3. The summed E-state index contributed by atoms with van der Waals surface area (Å²) in [7, 11) is 0. The predicted molar refractivity (Wildman–Crippen MR) is 106 cm³/mol. The van der Waals surface area contributed by atoms with Crippen LogP contribution >= 0.6 is 11.9 Å². The van der Waals surface area contributed by atoms with Gasteiger partial charge in [0.05, 0.1) is 5.69 Å². The summed E-state index contributed by atoms with van der Waals surface area (Å²) < 4.78 is 20.5. The summed E-state index contributed by atoms with van der Waals surface area (Å²) in [5, 5.41) is 8.57. The van der Waals surface area contributed by atoms with Crippen LogP contribution in [0.25, 0.3) is 22.2 Å². The SMILES string of the molecule is CC(C)(C)Cn1cc(CNSC2CC2)c2cc(F)c(-c3ccn[nH]3)cc21. The lowest BCUT2D eigenvalue weighted by atomic mass is 9.97. The molecular formula is C20H25FN4S. The third-order valence-corrected chi connectivity index (χ3v) is 5.64. The van der Waals surface area contributed by atoms with E-state index in [1.54, 1.807) is 18.3 Å². The number of aromatic amines is 1. The fourth-order valence-corrected chi connectivity index (χ4v) is 4.05. The van der Waals surface area contributed by atoms with Crippen molar-refractivity contribution in [1.29, 1.82) is 0 Å². The smallest absolute Gasteiger partial charge is 0.133 e. The highest BCUT2D eigenvalue weighted by Gasteiger charge is 2.22. The maximum atomic E-state index is 14.8. The van der Waals surface area contributed by atoms with E-state index in [-0.39, 0.29) is 11.2 Å². The number of nitrogens with one attached hydrogen (secondary N) is 2. The van der Waals surface area contributed by atoms with E-state index in [9.17, 15) is 4.39 Å². The van der Waals surface area contributed by atoms with E-state index in [2.05, 4.69) is 46.5 Å². The van der Waals surface area contributed by atoms with Gasteiger partial charge in [-0.25, -0.2) is 4.39 Å². The summed E-state index contributed by atoms with van der Waals surface area (Å²) in [6, 6.07) is 5.42. The van der Waals surface area contributed by atoms with Gasteiger partial charge in [-0.15, -0.1) is 0 Å². The molecule has 0 amide bonds. The molecule has 1 aromatic carbocycles. The number of benzene rings is 1. The average molecular weight is 373 g/mol. The Balaban J connectivity index is 1.74. The van der Waals surface area contributed by atoms with Crippen molar-refractivity contribution < 1.29 is 4.39 Å². The van der Waals surface area contributed by atoms with Crippen LogP contribution in [-0.4, -0.2) is 20.0 Å². The van der Waals surface area contributed by atoms with Gasteiger partial charge in [-0.1, -0.05) is 32.7 Å². The van der Waals surface area contributed by atoms with Gasteiger partial charge in [-0.2, -0.15) is 5.10 Å². The van der Waals surface area contributed by atoms with Crippen molar-refractivity contribution in [3.05, 3.63) is 42.0 Å². The molecule has 0 saturated heterocycles. The molecule has 4 nitrogen and oxygen atoms in total. The lowest BCUT2D eigenvalue weighted by Gasteiger charge is -2.20. The van der Waals surface area contributed by atoms with Crippen LogP contribution in [0.2, 0.25) is 0 Å². The fourth-order valence-electron chi connectivity index (χ4n) is 3.20. The van der Waals surface area contributed by atoms with Gasteiger partial charge in [0.1, 0.15) is 5.82 Å². The molecule has 0 atom stereocenters. The van der Waals surface area contributed by atoms with Gasteiger partial charge in [-0.05, 0) is 42.0 Å². The number of hydrogen-bond donors (Lipinski definition) is 2. The van der Waals surface area contributed by atoms with Crippen LogP contribution in [0.3, 0.4) is 0 Å². The van der Waals surface area contributed by atoms with Crippen LogP contribution in [0, 0.1) is 11.2 Å². The Kier molecular flexibility index (Phi) is 4.57. The number of fused-ring (bicyclic) bond motifs is 1. The van der Waals surface area contributed by atoms with Gasteiger partial charge in [0.25, 0.3) is 0 Å². The first-order chi connectivity index (χ1) is 12.4. The Hall–Kier alpha value is -1.79. The van der Waals surface area contributed by atoms with E-state index in [0.29, 0.717) is 11.3 Å². The van der Waals surface area contributed by atoms with Gasteiger partial charge < -0.3 is 4.57 Å². The van der Waals surface area contributed by atoms with Crippen molar-refractivity contribution in [2.45, 2.75) is 52.0 Å². The first-order valence-corrected chi connectivity index (χ1v) is 9.98. The highest BCUT2D eigenvalue weighted by Crippen LogP contribution is 2.34. The van der Waals surface area contributed by atoms with Crippen LogP contribution in [0.4, 0.5) is 4.39 Å². The zero-order valence-corrected chi connectivity index (χ0v) is 16.3. The van der Waals surface area contributed by atoms with Gasteiger partial charge in [0.2, 0.25) is 0 Å². The Morgan fingerprint density at radius 2 is 2.15 bits per heavy atom. The quantitative estimate of drug-likeness (QED) is 0.591. The van der Waals surface area contributed by atoms with E-state index in [0.717, 1.165) is 34.8 Å². The van der Waals surface area contributed by atoms with E-state index in [1.807, 2.05) is 18.0 Å². The maximum absolute atomic E-state index is 14.8. The molecule has 0 spiro atoms. The summed E-state index contributed by atoms with van der Waals surface area (Å²) in [5.41, 5.74) is 3.63. The van der Waals surface area contributed by atoms with Gasteiger partial charge in [-0.3, -0.25) is 9.82 Å². The van der Waals surface area contributed by atoms with Crippen molar-refractivity contribution in [3.63, 3.8) is 0 Å². The van der Waals surface area contributed by atoms with E-state index in [1.165, 1.54) is 12.8 Å². The number of halogens is 1. The van der Waals surface area contributed by atoms with Gasteiger partial charge in [0, 0.05) is 47.2 Å². The monoisotopic (exact) mass is 372 g/mol. The fraction of sp³-hybridized carbons (Fsp3) is 0.450. The topological polar surface area (TPSA) is 45.6 Å². The Morgan fingerprint density at radius 1 is 1.35 bits per heavy atom. The van der Waals surface area contributed by atoms with Crippen LogP contribution in [-0.2, 0) is 13.1 Å². The first-order valence-electron chi connectivity index (χ1n) is 9.10. The Bertz CT molecular complexity index is 904. The zero-order chi connectivity index (χ0) is 18.3. The van der Waals surface area contributed by atoms with Crippen LogP contribution in [0.5, 0.6) is 0 Å². The Morgan fingerprint density at radius 3 is 2.81 bits per heavy atom. The number of nitrogens with zero attached hydrogens (tertiary/aromatic N) is 2.